The number of rotatable bonds is 4. The number of hydrogen-bond donors (Lipinski definition) is 1. The minimum absolute atomic E-state index is 0.240. The summed E-state index contributed by atoms with van der Waals surface area (Å²) in [4.78, 5) is 2.00. The van der Waals surface area contributed by atoms with Crippen LogP contribution >= 0.6 is 0 Å². The average Bonchev–Trinajstić information content (AvgIpc) is 2.42. The van der Waals surface area contributed by atoms with Gasteiger partial charge in [0, 0.05) is 26.2 Å². The molecule has 0 aromatic heterocycles. The Kier molecular flexibility index (Phi) is 4.40. The van der Waals surface area contributed by atoms with Crippen LogP contribution < -0.4 is 4.90 Å². The number of halogens is 1. The van der Waals surface area contributed by atoms with Gasteiger partial charge in [-0.1, -0.05) is 18.2 Å². The van der Waals surface area contributed by atoms with Crippen LogP contribution in [0.2, 0.25) is 0 Å². The maximum atomic E-state index is 13.1. The van der Waals surface area contributed by atoms with Gasteiger partial charge in [0.25, 0.3) is 0 Å². The Morgan fingerprint density at radius 1 is 1.15 bits per heavy atom. The van der Waals surface area contributed by atoms with Crippen molar-refractivity contribution in [1.29, 1.82) is 0 Å². The minimum Gasteiger partial charge on any atom is -0.388 e. The number of aliphatic hydroxyl groups excluding tert-OH is 1. The van der Waals surface area contributed by atoms with Crippen molar-refractivity contribution in [2.24, 2.45) is 0 Å². The highest BCUT2D eigenvalue weighted by Crippen LogP contribution is 2.24. The first-order chi connectivity index (χ1) is 9.47. The second-order valence-corrected chi connectivity index (χ2v) is 5.28. The largest absolute Gasteiger partial charge is 0.388 e. The molecule has 2 aromatic rings. The molecule has 0 saturated carbocycles. The Bertz CT molecular complexity index is 595. The molecule has 0 fully saturated rings. The lowest BCUT2D eigenvalue weighted by Gasteiger charge is -2.17. The van der Waals surface area contributed by atoms with Gasteiger partial charge >= 0.3 is 0 Å². The van der Waals surface area contributed by atoms with Crippen molar-refractivity contribution in [3.63, 3.8) is 0 Å². The smallest absolute Gasteiger partial charge is 0.123 e. The molecule has 2 nitrogen and oxygen atoms in total. The Balaban J connectivity index is 2.19. The van der Waals surface area contributed by atoms with E-state index in [1.165, 1.54) is 12.1 Å². The number of hydrogen-bond acceptors (Lipinski definition) is 2. The fourth-order valence-corrected chi connectivity index (χ4v) is 2.22. The first kappa shape index (κ1) is 14.5. The van der Waals surface area contributed by atoms with Gasteiger partial charge < -0.3 is 10.0 Å². The molecule has 106 valence electrons. The van der Waals surface area contributed by atoms with Gasteiger partial charge in [0.2, 0.25) is 0 Å². The fourth-order valence-electron chi connectivity index (χ4n) is 2.22. The predicted octanol–water partition coefficient (Wildman–Crippen LogP) is 3.48. The highest BCUT2D eigenvalue weighted by atomic mass is 19.1. The van der Waals surface area contributed by atoms with E-state index in [9.17, 15) is 9.50 Å². The Hall–Kier alpha value is -1.87. The monoisotopic (exact) mass is 273 g/mol. The minimum atomic E-state index is -0.584. The van der Waals surface area contributed by atoms with Crippen LogP contribution in [0.25, 0.3) is 0 Å². The normalized spacial score (nSPS) is 12.2. The molecule has 0 aliphatic rings. The molecule has 0 heterocycles. The van der Waals surface area contributed by atoms with Gasteiger partial charge in [-0.05, 0) is 47.9 Å². The third kappa shape index (κ3) is 3.36. The summed E-state index contributed by atoms with van der Waals surface area (Å²) in [5.41, 5.74) is 3.76. The number of anilines is 1. The van der Waals surface area contributed by atoms with Crippen molar-refractivity contribution in [2.45, 2.75) is 19.4 Å². The van der Waals surface area contributed by atoms with E-state index < -0.39 is 6.10 Å². The lowest BCUT2D eigenvalue weighted by Crippen LogP contribution is -2.10. The SMILES string of the molecule is Cc1cc(F)ccc1CC(O)c1cccc(N(C)C)c1. The van der Waals surface area contributed by atoms with Crippen LogP contribution in [0, 0.1) is 12.7 Å². The topological polar surface area (TPSA) is 23.5 Å². The van der Waals surface area contributed by atoms with Gasteiger partial charge in [-0.2, -0.15) is 0 Å². The van der Waals surface area contributed by atoms with E-state index >= 15 is 0 Å². The standard InChI is InChI=1S/C17H20FNO/c1-12-9-15(18)8-7-13(12)11-17(20)14-5-4-6-16(10-14)19(2)3/h4-10,17,20H,11H2,1-3H3. The van der Waals surface area contributed by atoms with Crippen molar-refractivity contribution in [1.82, 2.24) is 0 Å². The van der Waals surface area contributed by atoms with Gasteiger partial charge in [0.15, 0.2) is 0 Å². The Morgan fingerprint density at radius 3 is 2.55 bits per heavy atom. The first-order valence-corrected chi connectivity index (χ1v) is 6.68. The molecule has 0 radical (unpaired) electrons. The zero-order chi connectivity index (χ0) is 14.7. The molecule has 0 amide bonds. The van der Waals surface area contributed by atoms with Gasteiger partial charge in [0.1, 0.15) is 5.82 Å². The molecule has 0 aliphatic carbocycles. The number of benzene rings is 2. The molecule has 2 rings (SSSR count). The maximum Gasteiger partial charge on any atom is 0.123 e. The maximum absolute atomic E-state index is 13.1. The van der Waals surface area contributed by atoms with E-state index in [1.807, 2.05) is 50.2 Å². The summed E-state index contributed by atoms with van der Waals surface area (Å²) in [6, 6.07) is 12.5. The molecule has 20 heavy (non-hydrogen) atoms. The van der Waals surface area contributed by atoms with Crippen molar-refractivity contribution in [3.8, 4) is 0 Å². The van der Waals surface area contributed by atoms with Crippen LogP contribution in [0.3, 0.4) is 0 Å². The second-order valence-electron chi connectivity index (χ2n) is 5.28. The van der Waals surface area contributed by atoms with Crippen molar-refractivity contribution < 1.29 is 9.50 Å². The lowest BCUT2D eigenvalue weighted by atomic mass is 9.98. The Morgan fingerprint density at radius 2 is 1.90 bits per heavy atom. The van der Waals surface area contributed by atoms with Crippen molar-refractivity contribution in [2.75, 3.05) is 19.0 Å². The summed E-state index contributed by atoms with van der Waals surface area (Å²) >= 11 is 0. The van der Waals surface area contributed by atoms with E-state index in [4.69, 9.17) is 0 Å². The van der Waals surface area contributed by atoms with Crippen LogP contribution in [0.1, 0.15) is 22.8 Å². The summed E-state index contributed by atoms with van der Waals surface area (Å²) < 4.78 is 13.1. The van der Waals surface area contributed by atoms with Crippen LogP contribution in [0.15, 0.2) is 42.5 Å². The zero-order valence-corrected chi connectivity index (χ0v) is 12.1. The molecular formula is C17H20FNO. The molecule has 0 spiro atoms. The summed E-state index contributed by atoms with van der Waals surface area (Å²) in [5, 5.41) is 10.4. The van der Waals surface area contributed by atoms with Gasteiger partial charge in [0.05, 0.1) is 6.10 Å². The predicted molar refractivity (Wildman–Crippen MR) is 80.6 cm³/mol. The molecule has 3 heteroatoms. The van der Waals surface area contributed by atoms with Crippen LogP contribution in [-0.2, 0) is 6.42 Å². The van der Waals surface area contributed by atoms with E-state index in [0.29, 0.717) is 6.42 Å². The van der Waals surface area contributed by atoms with Gasteiger partial charge in [-0.3, -0.25) is 0 Å². The van der Waals surface area contributed by atoms with Crippen molar-refractivity contribution >= 4 is 5.69 Å². The molecular weight excluding hydrogens is 253 g/mol. The fraction of sp³-hybridized carbons (Fsp3) is 0.294. The highest BCUT2D eigenvalue weighted by Gasteiger charge is 2.11. The van der Waals surface area contributed by atoms with E-state index in [0.717, 1.165) is 22.4 Å². The molecule has 0 saturated heterocycles. The zero-order valence-electron chi connectivity index (χ0n) is 12.1. The lowest BCUT2D eigenvalue weighted by molar-refractivity contribution is 0.178. The molecule has 1 N–H and O–H groups in total. The summed E-state index contributed by atoms with van der Waals surface area (Å²) in [5.74, 6) is -0.240. The number of aryl methyl sites for hydroxylation is 1. The van der Waals surface area contributed by atoms with Crippen LogP contribution in [-0.4, -0.2) is 19.2 Å². The number of nitrogens with zero attached hydrogens (tertiary/aromatic N) is 1. The average molecular weight is 273 g/mol. The quantitative estimate of drug-likeness (QED) is 0.922. The van der Waals surface area contributed by atoms with Crippen molar-refractivity contribution in [3.05, 3.63) is 65.0 Å². The Labute approximate surface area is 119 Å². The molecule has 1 unspecified atom stereocenters. The number of aliphatic hydroxyl groups is 1. The van der Waals surface area contributed by atoms with Gasteiger partial charge in [-0.15, -0.1) is 0 Å². The summed E-state index contributed by atoms with van der Waals surface area (Å²) in [7, 11) is 3.94. The first-order valence-electron chi connectivity index (χ1n) is 6.68. The third-order valence-corrected chi connectivity index (χ3v) is 3.49. The molecule has 1 atom stereocenters. The van der Waals surface area contributed by atoms with E-state index in [1.54, 1.807) is 6.07 Å². The highest BCUT2D eigenvalue weighted by molar-refractivity contribution is 5.47. The van der Waals surface area contributed by atoms with E-state index in [-0.39, 0.29) is 5.82 Å². The molecule has 0 aliphatic heterocycles. The van der Waals surface area contributed by atoms with Crippen LogP contribution in [0.5, 0.6) is 0 Å². The third-order valence-electron chi connectivity index (χ3n) is 3.49. The van der Waals surface area contributed by atoms with Crippen LogP contribution in [0.4, 0.5) is 10.1 Å². The van der Waals surface area contributed by atoms with E-state index in [2.05, 4.69) is 0 Å². The van der Waals surface area contributed by atoms with Gasteiger partial charge in [-0.25, -0.2) is 4.39 Å². The second kappa shape index (κ2) is 6.06. The summed E-state index contributed by atoms with van der Waals surface area (Å²) in [6.45, 7) is 1.86. The molecule has 0 bridgehead atoms. The molecule has 2 aromatic carbocycles. The summed E-state index contributed by atoms with van der Waals surface area (Å²) in [6.07, 6.45) is -0.0951.